The van der Waals surface area contributed by atoms with Crippen LogP contribution in [-0.4, -0.2) is 0 Å². The first-order valence-corrected chi connectivity index (χ1v) is 6.23. The second-order valence-electron chi connectivity index (χ2n) is 5.93. The van der Waals surface area contributed by atoms with E-state index in [0.717, 1.165) is 11.8 Å². The van der Waals surface area contributed by atoms with E-state index in [-0.39, 0.29) is 0 Å². The normalized spacial score (nSPS) is 26.0. The van der Waals surface area contributed by atoms with Crippen LogP contribution in [-0.2, 0) is 5.41 Å². The minimum absolute atomic E-state index is 0.621. The van der Waals surface area contributed by atoms with Crippen LogP contribution in [0.2, 0.25) is 0 Å². The monoisotopic (exact) mass is 200 g/mol. The number of hydrogen-bond acceptors (Lipinski definition) is 0. The fraction of sp³-hybridized carbons (Fsp3) is 0.600. The summed E-state index contributed by atoms with van der Waals surface area (Å²) in [5, 5.41) is 0. The molecule has 0 heteroatoms. The summed E-state index contributed by atoms with van der Waals surface area (Å²) in [6.45, 7) is 6.96. The van der Waals surface area contributed by atoms with Crippen LogP contribution >= 0.6 is 0 Å². The SMILES string of the molecule is Cc1ccc2c(c1)C1(CC1)CC2C(C)C. The quantitative estimate of drug-likeness (QED) is 0.638. The van der Waals surface area contributed by atoms with Crippen LogP contribution in [0.15, 0.2) is 18.2 Å². The molecule has 80 valence electrons. The largest absolute Gasteiger partial charge is 0.0622 e. The van der Waals surface area contributed by atoms with Crippen molar-refractivity contribution < 1.29 is 0 Å². The smallest absolute Gasteiger partial charge is 0.00375 e. The number of benzene rings is 1. The molecule has 15 heavy (non-hydrogen) atoms. The zero-order valence-corrected chi connectivity index (χ0v) is 10.0. The van der Waals surface area contributed by atoms with E-state index < -0.39 is 0 Å². The lowest BCUT2D eigenvalue weighted by molar-refractivity contribution is 0.459. The van der Waals surface area contributed by atoms with Crippen molar-refractivity contribution in [3.05, 3.63) is 34.9 Å². The van der Waals surface area contributed by atoms with Crippen LogP contribution < -0.4 is 0 Å². The van der Waals surface area contributed by atoms with Gasteiger partial charge in [-0.2, -0.15) is 0 Å². The van der Waals surface area contributed by atoms with Crippen molar-refractivity contribution in [2.75, 3.05) is 0 Å². The van der Waals surface area contributed by atoms with Gasteiger partial charge in [-0.05, 0) is 54.6 Å². The summed E-state index contributed by atoms with van der Waals surface area (Å²) in [5.41, 5.74) is 5.41. The Morgan fingerprint density at radius 1 is 1.27 bits per heavy atom. The van der Waals surface area contributed by atoms with E-state index in [0.29, 0.717) is 5.41 Å². The zero-order valence-electron chi connectivity index (χ0n) is 10.0. The van der Waals surface area contributed by atoms with Gasteiger partial charge >= 0.3 is 0 Å². The number of hydrogen-bond donors (Lipinski definition) is 0. The van der Waals surface area contributed by atoms with Crippen molar-refractivity contribution in [2.24, 2.45) is 5.92 Å². The van der Waals surface area contributed by atoms with Crippen LogP contribution in [0.5, 0.6) is 0 Å². The van der Waals surface area contributed by atoms with E-state index in [2.05, 4.69) is 39.0 Å². The third kappa shape index (κ3) is 1.27. The van der Waals surface area contributed by atoms with Gasteiger partial charge in [0.25, 0.3) is 0 Å². The molecule has 2 aliphatic carbocycles. The summed E-state index contributed by atoms with van der Waals surface area (Å²) in [6.07, 6.45) is 4.29. The first-order valence-electron chi connectivity index (χ1n) is 6.23. The van der Waals surface area contributed by atoms with Crippen molar-refractivity contribution in [1.29, 1.82) is 0 Å². The van der Waals surface area contributed by atoms with Crippen molar-refractivity contribution in [2.45, 2.75) is 51.4 Å². The molecule has 0 bridgehead atoms. The van der Waals surface area contributed by atoms with Crippen molar-refractivity contribution in [3.63, 3.8) is 0 Å². The van der Waals surface area contributed by atoms with Crippen LogP contribution in [0.4, 0.5) is 0 Å². The minimum Gasteiger partial charge on any atom is -0.0622 e. The molecule has 1 fully saturated rings. The first kappa shape index (κ1) is 9.45. The fourth-order valence-corrected chi connectivity index (χ4v) is 3.31. The molecule has 1 unspecified atom stereocenters. The summed E-state index contributed by atoms with van der Waals surface area (Å²) in [6, 6.07) is 7.13. The van der Waals surface area contributed by atoms with E-state index in [1.54, 1.807) is 11.1 Å². The lowest BCUT2D eigenvalue weighted by atomic mass is 9.89. The van der Waals surface area contributed by atoms with E-state index in [9.17, 15) is 0 Å². The van der Waals surface area contributed by atoms with Gasteiger partial charge in [-0.3, -0.25) is 0 Å². The number of fused-ring (bicyclic) bond motifs is 2. The fourth-order valence-electron chi connectivity index (χ4n) is 3.31. The van der Waals surface area contributed by atoms with Crippen LogP contribution in [0.3, 0.4) is 0 Å². The molecule has 0 heterocycles. The molecule has 3 rings (SSSR count). The average Bonchev–Trinajstić information content (AvgIpc) is 2.87. The van der Waals surface area contributed by atoms with E-state index >= 15 is 0 Å². The third-order valence-electron chi connectivity index (χ3n) is 4.45. The Balaban J connectivity index is 2.12. The van der Waals surface area contributed by atoms with Crippen LogP contribution in [0.25, 0.3) is 0 Å². The highest BCUT2D eigenvalue weighted by Gasteiger charge is 2.52. The van der Waals surface area contributed by atoms with Gasteiger partial charge in [0.15, 0.2) is 0 Å². The number of aryl methyl sites for hydroxylation is 1. The summed E-state index contributed by atoms with van der Waals surface area (Å²) in [7, 11) is 0. The van der Waals surface area contributed by atoms with Crippen molar-refractivity contribution in [3.8, 4) is 0 Å². The van der Waals surface area contributed by atoms with Gasteiger partial charge < -0.3 is 0 Å². The van der Waals surface area contributed by atoms with Gasteiger partial charge in [0.05, 0.1) is 0 Å². The van der Waals surface area contributed by atoms with Crippen molar-refractivity contribution in [1.82, 2.24) is 0 Å². The first-order chi connectivity index (χ1) is 7.12. The molecule has 1 saturated carbocycles. The predicted octanol–water partition coefficient (Wildman–Crippen LogP) is 4.17. The van der Waals surface area contributed by atoms with Crippen LogP contribution in [0, 0.1) is 12.8 Å². The van der Waals surface area contributed by atoms with Gasteiger partial charge in [0.2, 0.25) is 0 Å². The average molecular weight is 200 g/mol. The Morgan fingerprint density at radius 2 is 2.00 bits per heavy atom. The molecule has 1 aromatic rings. The molecular weight excluding hydrogens is 180 g/mol. The Hall–Kier alpha value is -0.780. The Morgan fingerprint density at radius 3 is 2.60 bits per heavy atom. The lowest BCUT2D eigenvalue weighted by Crippen LogP contribution is -2.04. The Kier molecular flexibility index (Phi) is 1.81. The maximum absolute atomic E-state index is 2.45. The van der Waals surface area contributed by atoms with Crippen LogP contribution in [0.1, 0.15) is 55.7 Å². The van der Waals surface area contributed by atoms with Gasteiger partial charge in [0.1, 0.15) is 0 Å². The second-order valence-corrected chi connectivity index (χ2v) is 5.93. The summed E-state index contributed by atoms with van der Waals surface area (Å²) in [4.78, 5) is 0. The van der Waals surface area contributed by atoms with E-state index in [1.807, 2.05) is 0 Å². The molecular formula is C15H20. The molecule has 0 aromatic heterocycles. The molecule has 0 N–H and O–H groups in total. The highest BCUT2D eigenvalue weighted by Crippen LogP contribution is 2.62. The topological polar surface area (TPSA) is 0 Å². The molecule has 1 spiro atoms. The molecule has 1 atom stereocenters. The molecule has 0 aliphatic heterocycles. The van der Waals surface area contributed by atoms with Gasteiger partial charge in [-0.25, -0.2) is 0 Å². The standard InChI is InChI=1S/C15H20/c1-10(2)13-9-15(6-7-15)14-8-11(3)4-5-12(13)14/h4-5,8,10,13H,6-7,9H2,1-3H3. The molecule has 1 aromatic carbocycles. The lowest BCUT2D eigenvalue weighted by Gasteiger charge is -2.15. The van der Waals surface area contributed by atoms with Gasteiger partial charge in [-0.15, -0.1) is 0 Å². The molecule has 0 nitrogen and oxygen atoms in total. The zero-order chi connectivity index (χ0) is 10.6. The molecule has 0 saturated heterocycles. The van der Waals surface area contributed by atoms with Gasteiger partial charge in [-0.1, -0.05) is 37.6 Å². The van der Waals surface area contributed by atoms with E-state index in [4.69, 9.17) is 0 Å². The third-order valence-corrected chi connectivity index (χ3v) is 4.45. The maximum Gasteiger partial charge on any atom is -0.00375 e. The predicted molar refractivity (Wildman–Crippen MR) is 64.3 cm³/mol. The number of rotatable bonds is 1. The molecule has 0 amide bonds. The highest BCUT2D eigenvalue weighted by molar-refractivity contribution is 5.48. The molecule has 2 aliphatic rings. The van der Waals surface area contributed by atoms with Gasteiger partial charge in [0, 0.05) is 0 Å². The van der Waals surface area contributed by atoms with Crippen molar-refractivity contribution >= 4 is 0 Å². The molecule has 0 radical (unpaired) electrons. The second kappa shape index (κ2) is 2.87. The summed E-state index contributed by atoms with van der Waals surface area (Å²) >= 11 is 0. The highest BCUT2D eigenvalue weighted by atomic mass is 14.6. The minimum atomic E-state index is 0.621. The Labute approximate surface area is 92.7 Å². The maximum atomic E-state index is 2.45. The Bertz CT molecular complexity index is 396. The summed E-state index contributed by atoms with van der Waals surface area (Å²) < 4.78 is 0. The summed E-state index contributed by atoms with van der Waals surface area (Å²) in [5.74, 6) is 1.62. The van der Waals surface area contributed by atoms with E-state index in [1.165, 1.54) is 24.8 Å².